The Morgan fingerprint density at radius 1 is 1.18 bits per heavy atom. The van der Waals surface area contributed by atoms with Crippen LogP contribution in [0.5, 0.6) is 0 Å². The van der Waals surface area contributed by atoms with E-state index in [2.05, 4.69) is 10.6 Å². The maximum atomic E-state index is 11.6. The quantitative estimate of drug-likeness (QED) is 0.601. The molecule has 0 aromatic heterocycles. The summed E-state index contributed by atoms with van der Waals surface area (Å²) < 4.78 is 0. The molecule has 2 fully saturated rings. The van der Waals surface area contributed by atoms with Crippen LogP contribution in [0.1, 0.15) is 25.7 Å². The number of hydrogen-bond donors (Lipinski definition) is 2. The first-order valence-corrected chi connectivity index (χ1v) is 6.42. The molecule has 2 aliphatic carbocycles. The molecule has 2 N–H and O–H groups in total. The minimum atomic E-state index is 0.140. The number of likely N-dealkylation sites (N-methyl/N-ethyl adjacent to an activating group) is 1. The van der Waals surface area contributed by atoms with Crippen molar-refractivity contribution in [1.82, 2.24) is 15.5 Å². The van der Waals surface area contributed by atoms with Crippen LogP contribution in [-0.2, 0) is 9.59 Å². The Morgan fingerprint density at radius 3 is 2.47 bits per heavy atom. The van der Waals surface area contributed by atoms with Gasteiger partial charge >= 0.3 is 0 Å². The van der Waals surface area contributed by atoms with E-state index in [1.807, 2.05) is 11.9 Å². The molecule has 96 valence electrons. The molecular formula is C12H21N3O2. The van der Waals surface area contributed by atoms with E-state index >= 15 is 0 Å². The van der Waals surface area contributed by atoms with E-state index in [1.54, 1.807) is 0 Å². The molecule has 0 aromatic carbocycles. The van der Waals surface area contributed by atoms with Crippen LogP contribution in [-0.4, -0.2) is 49.4 Å². The molecule has 0 bridgehead atoms. The van der Waals surface area contributed by atoms with Gasteiger partial charge in [-0.05, 0) is 25.7 Å². The summed E-state index contributed by atoms with van der Waals surface area (Å²) in [5, 5.41) is 5.91. The summed E-state index contributed by atoms with van der Waals surface area (Å²) in [6, 6.07) is 0.471. The van der Waals surface area contributed by atoms with E-state index in [-0.39, 0.29) is 17.7 Å². The highest BCUT2D eigenvalue weighted by molar-refractivity contribution is 5.80. The van der Waals surface area contributed by atoms with Crippen LogP contribution in [0, 0.1) is 5.92 Å². The summed E-state index contributed by atoms with van der Waals surface area (Å²) in [5.41, 5.74) is 0. The summed E-state index contributed by atoms with van der Waals surface area (Å²) in [5.74, 6) is 0.562. The molecule has 0 spiro atoms. The summed E-state index contributed by atoms with van der Waals surface area (Å²) in [6.07, 6.45) is 4.34. The third-order valence-electron chi connectivity index (χ3n) is 3.31. The molecule has 2 saturated carbocycles. The second-order valence-corrected chi connectivity index (χ2v) is 4.98. The second kappa shape index (κ2) is 5.49. The van der Waals surface area contributed by atoms with Crippen molar-refractivity contribution in [3.05, 3.63) is 0 Å². The van der Waals surface area contributed by atoms with Gasteiger partial charge in [0.2, 0.25) is 11.8 Å². The lowest BCUT2D eigenvalue weighted by atomic mass is 10.4. The lowest BCUT2D eigenvalue weighted by Crippen LogP contribution is -2.39. The molecule has 0 heterocycles. The van der Waals surface area contributed by atoms with Crippen LogP contribution in [0.3, 0.4) is 0 Å². The molecule has 0 radical (unpaired) electrons. The Balaban J connectivity index is 1.47. The van der Waals surface area contributed by atoms with Crippen molar-refractivity contribution in [3.63, 3.8) is 0 Å². The van der Waals surface area contributed by atoms with Gasteiger partial charge in [0, 0.05) is 32.1 Å². The van der Waals surface area contributed by atoms with Crippen LogP contribution in [0.2, 0.25) is 0 Å². The molecule has 5 heteroatoms. The van der Waals surface area contributed by atoms with E-state index in [4.69, 9.17) is 0 Å². The van der Waals surface area contributed by atoms with Crippen molar-refractivity contribution in [3.8, 4) is 0 Å². The van der Waals surface area contributed by atoms with Crippen molar-refractivity contribution in [1.29, 1.82) is 0 Å². The van der Waals surface area contributed by atoms with Crippen molar-refractivity contribution in [2.75, 3.05) is 26.7 Å². The Kier molecular flexibility index (Phi) is 3.99. The number of nitrogens with zero attached hydrogens (tertiary/aromatic N) is 1. The summed E-state index contributed by atoms with van der Waals surface area (Å²) >= 11 is 0. The monoisotopic (exact) mass is 239 g/mol. The van der Waals surface area contributed by atoms with Gasteiger partial charge in [-0.2, -0.15) is 0 Å². The highest BCUT2D eigenvalue weighted by atomic mass is 16.2. The molecular weight excluding hydrogens is 218 g/mol. The fourth-order valence-corrected chi connectivity index (χ4v) is 1.75. The van der Waals surface area contributed by atoms with Crippen molar-refractivity contribution < 1.29 is 9.59 Å². The first-order valence-electron chi connectivity index (χ1n) is 6.42. The molecule has 0 atom stereocenters. The van der Waals surface area contributed by atoms with E-state index < -0.39 is 0 Å². The number of carbonyl (C=O) groups is 2. The second-order valence-electron chi connectivity index (χ2n) is 4.98. The number of rotatable bonds is 7. The lowest BCUT2D eigenvalue weighted by molar-refractivity contribution is -0.129. The van der Waals surface area contributed by atoms with Gasteiger partial charge in [-0.1, -0.05) is 0 Å². The van der Waals surface area contributed by atoms with Crippen LogP contribution < -0.4 is 10.6 Å². The molecule has 5 nitrogen and oxygen atoms in total. The molecule has 2 amide bonds. The lowest BCUT2D eigenvalue weighted by Gasteiger charge is -2.16. The van der Waals surface area contributed by atoms with Crippen LogP contribution in [0.15, 0.2) is 0 Å². The smallest absolute Gasteiger partial charge is 0.236 e. The van der Waals surface area contributed by atoms with Crippen LogP contribution in [0.4, 0.5) is 0 Å². The minimum Gasteiger partial charge on any atom is -0.355 e. The zero-order chi connectivity index (χ0) is 12.3. The van der Waals surface area contributed by atoms with Gasteiger partial charge in [-0.25, -0.2) is 0 Å². The van der Waals surface area contributed by atoms with Gasteiger partial charge in [0.15, 0.2) is 0 Å². The van der Waals surface area contributed by atoms with Gasteiger partial charge in [0.05, 0.1) is 6.54 Å². The van der Waals surface area contributed by atoms with Gasteiger partial charge in [-0.15, -0.1) is 0 Å². The number of amides is 2. The molecule has 0 saturated heterocycles. The maximum Gasteiger partial charge on any atom is 0.236 e. The predicted molar refractivity (Wildman–Crippen MR) is 64.4 cm³/mol. The molecule has 2 rings (SSSR count). The normalized spacial score (nSPS) is 18.9. The van der Waals surface area contributed by atoms with Crippen LogP contribution >= 0.6 is 0 Å². The largest absolute Gasteiger partial charge is 0.355 e. The summed E-state index contributed by atoms with van der Waals surface area (Å²) in [4.78, 5) is 24.7. The Labute approximate surface area is 102 Å². The van der Waals surface area contributed by atoms with Crippen LogP contribution in [0.25, 0.3) is 0 Å². The molecule has 0 aromatic rings. The highest BCUT2D eigenvalue weighted by Gasteiger charge is 2.29. The van der Waals surface area contributed by atoms with Crippen molar-refractivity contribution in [2.24, 2.45) is 5.92 Å². The average molecular weight is 239 g/mol. The Bertz CT molecular complexity index is 298. The molecule has 17 heavy (non-hydrogen) atoms. The molecule has 0 unspecified atom stereocenters. The first kappa shape index (κ1) is 12.4. The fourth-order valence-electron chi connectivity index (χ4n) is 1.75. The zero-order valence-corrected chi connectivity index (χ0v) is 10.4. The molecule has 0 aliphatic heterocycles. The summed E-state index contributed by atoms with van der Waals surface area (Å²) in [6.45, 7) is 1.63. The van der Waals surface area contributed by atoms with E-state index in [0.717, 1.165) is 25.7 Å². The first-order chi connectivity index (χ1) is 8.18. The number of nitrogens with one attached hydrogen (secondary N) is 2. The third kappa shape index (κ3) is 4.00. The standard InChI is InChI=1S/C12H21N3O2/c1-15(10-4-5-10)11(16)8-13-6-7-14-12(17)9-2-3-9/h9-10,13H,2-8H2,1H3,(H,14,17). The van der Waals surface area contributed by atoms with Crippen molar-refractivity contribution in [2.45, 2.75) is 31.7 Å². The minimum absolute atomic E-state index is 0.140. The van der Waals surface area contributed by atoms with Gasteiger partial charge < -0.3 is 15.5 Å². The van der Waals surface area contributed by atoms with Crippen molar-refractivity contribution >= 4 is 11.8 Å². The van der Waals surface area contributed by atoms with Gasteiger partial charge in [0.25, 0.3) is 0 Å². The van der Waals surface area contributed by atoms with E-state index in [9.17, 15) is 9.59 Å². The third-order valence-corrected chi connectivity index (χ3v) is 3.31. The van der Waals surface area contributed by atoms with Gasteiger partial charge in [-0.3, -0.25) is 9.59 Å². The Morgan fingerprint density at radius 2 is 1.88 bits per heavy atom. The van der Waals surface area contributed by atoms with Gasteiger partial charge in [0.1, 0.15) is 0 Å². The average Bonchev–Trinajstić information content (AvgIpc) is 3.19. The summed E-state index contributed by atoms with van der Waals surface area (Å²) in [7, 11) is 1.86. The Hall–Kier alpha value is -1.10. The maximum absolute atomic E-state index is 11.6. The molecule has 2 aliphatic rings. The number of hydrogen-bond acceptors (Lipinski definition) is 3. The topological polar surface area (TPSA) is 61.4 Å². The zero-order valence-electron chi connectivity index (χ0n) is 10.4. The number of carbonyl (C=O) groups excluding carboxylic acids is 2. The SMILES string of the molecule is CN(C(=O)CNCCNC(=O)C1CC1)C1CC1. The predicted octanol–water partition coefficient (Wildman–Crippen LogP) is -0.277. The van der Waals surface area contributed by atoms with E-state index in [0.29, 0.717) is 25.7 Å². The fraction of sp³-hybridized carbons (Fsp3) is 0.833. The van der Waals surface area contributed by atoms with E-state index in [1.165, 1.54) is 0 Å². The highest BCUT2D eigenvalue weighted by Crippen LogP contribution is 2.28.